The van der Waals surface area contributed by atoms with Gasteiger partial charge in [0.15, 0.2) is 5.96 Å². The van der Waals surface area contributed by atoms with E-state index in [1.165, 1.54) is 0 Å². The standard InChI is InChI=1S/C7H13N3/c1-6(2)5-10-7-8-3-4-9-7/h1,3-5H2,2H3,(H2,8,9,10). The topological polar surface area (TPSA) is 36.4 Å². The van der Waals surface area contributed by atoms with Crippen LogP contribution < -0.4 is 10.6 Å². The van der Waals surface area contributed by atoms with Crippen LogP contribution in [0.1, 0.15) is 6.92 Å². The van der Waals surface area contributed by atoms with Crippen LogP contribution >= 0.6 is 0 Å². The molecule has 0 bridgehead atoms. The highest BCUT2D eigenvalue weighted by Crippen LogP contribution is 1.84. The summed E-state index contributed by atoms with van der Waals surface area (Å²) in [7, 11) is 0. The van der Waals surface area contributed by atoms with Crippen LogP contribution in [0.2, 0.25) is 0 Å². The van der Waals surface area contributed by atoms with Gasteiger partial charge in [-0.15, -0.1) is 0 Å². The monoisotopic (exact) mass is 139 g/mol. The lowest BCUT2D eigenvalue weighted by molar-refractivity contribution is 0.908. The summed E-state index contributed by atoms with van der Waals surface area (Å²) in [5.74, 6) is 0.906. The highest BCUT2D eigenvalue weighted by atomic mass is 15.2. The molecule has 0 aromatic carbocycles. The third kappa shape index (κ3) is 2.09. The van der Waals surface area contributed by atoms with Gasteiger partial charge in [-0.2, -0.15) is 0 Å². The number of nitrogens with one attached hydrogen (secondary N) is 2. The van der Waals surface area contributed by atoms with E-state index in [0.29, 0.717) is 0 Å². The molecule has 1 aliphatic heterocycles. The fourth-order valence-corrected chi connectivity index (χ4v) is 0.751. The Balaban J connectivity index is 2.19. The normalized spacial score (nSPS) is 15.9. The maximum atomic E-state index is 4.16. The van der Waals surface area contributed by atoms with E-state index in [0.717, 1.165) is 31.2 Å². The number of hydrogen-bond donors (Lipinski definition) is 2. The van der Waals surface area contributed by atoms with Gasteiger partial charge < -0.3 is 10.6 Å². The van der Waals surface area contributed by atoms with Gasteiger partial charge in [-0.1, -0.05) is 12.2 Å². The quantitative estimate of drug-likeness (QED) is 0.533. The summed E-state index contributed by atoms with van der Waals surface area (Å²) < 4.78 is 0. The van der Waals surface area contributed by atoms with Gasteiger partial charge in [-0.25, -0.2) is 0 Å². The lowest BCUT2D eigenvalue weighted by atomic mass is 10.3. The van der Waals surface area contributed by atoms with Gasteiger partial charge in [0.25, 0.3) is 0 Å². The fraction of sp³-hybridized carbons (Fsp3) is 0.571. The van der Waals surface area contributed by atoms with E-state index in [-0.39, 0.29) is 0 Å². The second-order valence-corrected chi connectivity index (χ2v) is 2.47. The summed E-state index contributed by atoms with van der Waals surface area (Å²) in [4.78, 5) is 4.16. The van der Waals surface area contributed by atoms with Gasteiger partial charge in [0.1, 0.15) is 0 Å². The zero-order valence-corrected chi connectivity index (χ0v) is 6.28. The highest BCUT2D eigenvalue weighted by molar-refractivity contribution is 5.81. The molecule has 1 heterocycles. The second-order valence-electron chi connectivity index (χ2n) is 2.47. The van der Waals surface area contributed by atoms with Crippen LogP contribution in [-0.2, 0) is 0 Å². The Morgan fingerprint density at radius 2 is 2.70 bits per heavy atom. The first-order valence-electron chi connectivity index (χ1n) is 3.45. The third-order valence-electron chi connectivity index (χ3n) is 1.23. The minimum absolute atomic E-state index is 0.811. The van der Waals surface area contributed by atoms with E-state index in [1.54, 1.807) is 0 Å². The van der Waals surface area contributed by atoms with Crippen molar-refractivity contribution in [3.05, 3.63) is 12.2 Å². The molecule has 10 heavy (non-hydrogen) atoms. The molecule has 0 aromatic heterocycles. The summed E-state index contributed by atoms with van der Waals surface area (Å²) >= 11 is 0. The summed E-state index contributed by atoms with van der Waals surface area (Å²) in [5, 5.41) is 6.23. The van der Waals surface area contributed by atoms with Crippen LogP contribution in [0.25, 0.3) is 0 Å². The van der Waals surface area contributed by atoms with Gasteiger partial charge >= 0.3 is 0 Å². The summed E-state index contributed by atoms with van der Waals surface area (Å²) in [6, 6.07) is 0. The van der Waals surface area contributed by atoms with Crippen molar-refractivity contribution in [2.75, 3.05) is 19.6 Å². The van der Waals surface area contributed by atoms with Crippen molar-refractivity contribution in [3.63, 3.8) is 0 Å². The van der Waals surface area contributed by atoms with E-state index >= 15 is 0 Å². The van der Waals surface area contributed by atoms with Gasteiger partial charge in [-0.3, -0.25) is 4.99 Å². The van der Waals surface area contributed by atoms with Crippen molar-refractivity contribution in [1.29, 1.82) is 0 Å². The van der Waals surface area contributed by atoms with E-state index in [9.17, 15) is 0 Å². The van der Waals surface area contributed by atoms with Crippen molar-refractivity contribution in [1.82, 2.24) is 10.6 Å². The Morgan fingerprint density at radius 3 is 3.20 bits per heavy atom. The maximum Gasteiger partial charge on any atom is 0.191 e. The summed E-state index contributed by atoms with van der Waals surface area (Å²) in [5.41, 5.74) is 1.12. The number of guanidine groups is 1. The van der Waals surface area contributed by atoms with Crippen LogP contribution in [0.4, 0.5) is 0 Å². The molecule has 0 spiro atoms. The molecule has 0 saturated heterocycles. The number of nitrogens with zero attached hydrogens (tertiary/aromatic N) is 1. The Labute approximate surface area is 61.2 Å². The van der Waals surface area contributed by atoms with E-state index in [1.807, 2.05) is 6.92 Å². The molecule has 0 unspecified atom stereocenters. The Kier molecular flexibility index (Phi) is 2.31. The molecular formula is C7H13N3. The Bertz CT molecular complexity index is 160. The van der Waals surface area contributed by atoms with Crippen LogP contribution in [0, 0.1) is 0 Å². The summed E-state index contributed by atoms with van der Waals surface area (Å²) in [6.45, 7) is 8.42. The summed E-state index contributed by atoms with van der Waals surface area (Å²) in [6.07, 6.45) is 0. The van der Waals surface area contributed by atoms with Crippen molar-refractivity contribution in [3.8, 4) is 0 Å². The molecule has 56 valence electrons. The highest BCUT2D eigenvalue weighted by Gasteiger charge is 2.01. The van der Waals surface area contributed by atoms with Crippen LogP contribution in [0.15, 0.2) is 17.1 Å². The molecule has 3 heteroatoms. The molecule has 0 aliphatic carbocycles. The molecule has 0 aromatic rings. The van der Waals surface area contributed by atoms with Crippen LogP contribution in [0.5, 0.6) is 0 Å². The van der Waals surface area contributed by atoms with Crippen molar-refractivity contribution in [2.24, 2.45) is 4.99 Å². The van der Waals surface area contributed by atoms with E-state index in [2.05, 4.69) is 22.2 Å². The van der Waals surface area contributed by atoms with Crippen molar-refractivity contribution < 1.29 is 0 Å². The van der Waals surface area contributed by atoms with Gasteiger partial charge in [0.2, 0.25) is 0 Å². The van der Waals surface area contributed by atoms with Crippen LogP contribution in [0.3, 0.4) is 0 Å². The molecule has 1 rings (SSSR count). The smallest absolute Gasteiger partial charge is 0.191 e. The SMILES string of the molecule is C=C(C)CNC1=NCCN1. The first kappa shape index (κ1) is 7.12. The predicted molar refractivity (Wildman–Crippen MR) is 43.1 cm³/mol. The Morgan fingerprint density at radius 1 is 1.90 bits per heavy atom. The predicted octanol–water partition coefficient (Wildman–Crippen LogP) is 0.111. The molecule has 0 saturated carbocycles. The lowest BCUT2D eigenvalue weighted by Gasteiger charge is -2.04. The lowest BCUT2D eigenvalue weighted by Crippen LogP contribution is -2.34. The molecular weight excluding hydrogens is 126 g/mol. The van der Waals surface area contributed by atoms with E-state index in [4.69, 9.17) is 0 Å². The first-order valence-corrected chi connectivity index (χ1v) is 3.45. The molecule has 3 nitrogen and oxygen atoms in total. The van der Waals surface area contributed by atoms with Crippen LogP contribution in [-0.4, -0.2) is 25.6 Å². The van der Waals surface area contributed by atoms with Crippen molar-refractivity contribution >= 4 is 5.96 Å². The minimum atomic E-state index is 0.811. The van der Waals surface area contributed by atoms with Gasteiger partial charge in [0.05, 0.1) is 6.54 Å². The Hall–Kier alpha value is -0.990. The zero-order valence-electron chi connectivity index (χ0n) is 6.28. The minimum Gasteiger partial charge on any atom is -0.355 e. The number of rotatable bonds is 2. The molecule has 0 atom stereocenters. The third-order valence-corrected chi connectivity index (χ3v) is 1.23. The number of hydrogen-bond acceptors (Lipinski definition) is 3. The molecule has 0 amide bonds. The molecule has 2 N–H and O–H groups in total. The number of aliphatic imine (C=N–C) groups is 1. The van der Waals surface area contributed by atoms with E-state index < -0.39 is 0 Å². The van der Waals surface area contributed by atoms with Crippen molar-refractivity contribution in [2.45, 2.75) is 6.92 Å². The van der Waals surface area contributed by atoms with Gasteiger partial charge in [-0.05, 0) is 6.92 Å². The second kappa shape index (κ2) is 3.25. The zero-order chi connectivity index (χ0) is 7.40. The average Bonchev–Trinajstić information content (AvgIpc) is 2.34. The molecule has 0 fully saturated rings. The largest absolute Gasteiger partial charge is 0.355 e. The average molecular weight is 139 g/mol. The fourth-order valence-electron chi connectivity index (χ4n) is 0.751. The first-order chi connectivity index (χ1) is 4.79. The molecule has 0 radical (unpaired) electrons. The maximum absolute atomic E-state index is 4.16. The van der Waals surface area contributed by atoms with Gasteiger partial charge in [0, 0.05) is 13.1 Å². The molecule has 1 aliphatic rings.